The van der Waals surface area contributed by atoms with Gasteiger partial charge in [0, 0.05) is 29.6 Å². The number of pyridine rings is 1. The summed E-state index contributed by atoms with van der Waals surface area (Å²) in [5, 5.41) is 9.64. The van der Waals surface area contributed by atoms with E-state index in [2.05, 4.69) is 31.9 Å². The van der Waals surface area contributed by atoms with Crippen molar-refractivity contribution in [1.82, 2.24) is 19.7 Å². The molecule has 0 spiro atoms. The van der Waals surface area contributed by atoms with E-state index in [1.54, 1.807) is 12.4 Å². The minimum absolute atomic E-state index is 0.161. The Hall–Kier alpha value is -2.47. The molecule has 5 rings (SSSR count). The smallest absolute Gasteiger partial charge is 0.192 e. The summed E-state index contributed by atoms with van der Waals surface area (Å²) in [6.07, 6.45) is 10.5. The highest BCUT2D eigenvalue weighted by Gasteiger charge is 2.30. The van der Waals surface area contributed by atoms with Gasteiger partial charge in [-0.15, -0.1) is 10.2 Å². The van der Waals surface area contributed by atoms with Crippen molar-refractivity contribution in [1.29, 1.82) is 0 Å². The zero-order chi connectivity index (χ0) is 18.9. The minimum atomic E-state index is 0.161. The van der Waals surface area contributed by atoms with Crippen LogP contribution in [0.1, 0.15) is 53.2 Å². The number of fused-ring (bicyclic) bond motifs is 1. The largest absolute Gasteiger partial charge is 0.299 e. The minimum Gasteiger partial charge on any atom is -0.299 e. The average molecular weight is 391 g/mol. The van der Waals surface area contributed by atoms with Crippen molar-refractivity contribution in [3.63, 3.8) is 0 Å². The fourth-order valence-electron chi connectivity index (χ4n) is 3.86. The van der Waals surface area contributed by atoms with Gasteiger partial charge < -0.3 is 0 Å². The first kappa shape index (κ1) is 17.6. The van der Waals surface area contributed by atoms with Gasteiger partial charge >= 0.3 is 0 Å². The molecule has 0 N–H and O–H groups in total. The first-order valence-corrected chi connectivity index (χ1v) is 10.9. The van der Waals surface area contributed by atoms with Gasteiger partial charge in [0.1, 0.15) is 0 Å². The van der Waals surface area contributed by atoms with Gasteiger partial charge in [0.2, 0.25) is 0 Å². The second-order valence-electron chi connectivity index (χ2n) is 7.55. The maximum Gasteiger partial charge on any atom is 0.192 e. The van der Waals surface area contributed by atoms with Crippen molar-refractivity contribution in [3.05, 3.63) is 59.4 Å². The van der Waals surface area contributed by atoms with E-state index in [0.29, 0.717) is 11.8 Å². The topological polar surface area (TPSA) is 60.7 Å². The van der Waals surface area contributed by atoms with Gasteiger partial charge in [-0.3, -0.25) is 14.3 Å². The summed E-state index contributed by atoms with van der Waals surface area (Å²) in [5.41, 5.74) is 4.59. The molecule has 1 saturated carbocycles. The summed E-state index contributed by atoms with van der Waals surface area (Å²) in [4.78, 5) is 16.9. The van der Waals surface area contributed by atoms with Crippen molar-refractivity contribution in [2.45, 2.75) is 49.7 Å². The molecule has 1 fully saturated rings. The van der Waals surface area contributed by atoms with Crippen LogP contribution < -0.4 is 0 Å². The number of rotatable bonds is 6. The molecule has 0 aliphatic heterocycles. The highest BCUT2D eigenvalue weighted by Crippen LogP contribution is 2.41. The van der Waals surface area contributed by atoms with Crippen molar-refractivity contribution >= 4 is 17.5 Å². The fraction of sp³-hybridized carbons (Fsp3) is 0.364. The Labute approximate surface area is 168 Å². The lowest BCUT2D eigenvalue weighted by Crippen LogP contribution is -2.08. The van der Waals surface area contributed by atoms with E-state index in [0.717, 1.165) is 47.8 Å². The van der Waals surface area contributed by atoms with Crippen LogP contribution in [0.5, 0.6) is 0 Å². The van der Waals surface area contributed by atoms with Crippen LogP contribution in [0.4, 0.5) is 0 Å². The van der Waals surface area contributed by atoms with Gasteiger partial charge in [-0.25, -0.2) is 0 Å². The molecule has 2 heterocycles. The molecule has 1 aromatic carbocycles. The zero-order valence-corrected chi connectivity index (χ0v) is 16.5. The molecule has 28 heavy (non-hydrogen) atoms. The van der Waals surface area contributed by atoms with Crippen LogP contribution in [0.3, 0.4) is 0 Å². The first-order valence-electron chi connectivity index (χ1n) is 9.93. The summed E-state index contributed by atoms with van der Waals surface area (Å²) in [7, 11) is 0. The van der Waals surface area contributed by atoms with E-state index in [9.17, 15) is 4.79 Å². The molecule has 0 amide bonds. The Morgan fingerprint density at radius 2 is 1.82 bits per heavy atom. The third kappa shape index (κ3) is 3.49. The third-order valence-corrected chi connectivity index (χ3v) is 6.46. The molecule has 0 unspecified atom stereocenters. The van der Waals surface area contributed by atoms with Gasteiger partial charge in [0.15, 0.2) is 16.8 Å². The normalized spacial score (nSPS) is 16.0. The van der Waals surface area contributed by atoms with E-state index in [-0.39, 0.29) is 5.78 Å². The molecule has 0 atom stereocenters. The molecule has 2 aliphatic carbocycles. The van der Waals surface area contributed by atoms with Crippen LogP contribution >= 0.6 is 11.8 Å². The highest BCUT2D eigenvalue weighted by molar-refractivity contribution is 7.99. The fourth-order valence-corrected chi connectivity index (χ4v) is 4.76. The molecule has 5 nitrogen and oxygen atoms in total. The Morgan fingerprint density at radius 3 is 2.61 bits per heavy atom. The lowest BCUT2D eigenvalue weighted by Gasteiger charge is -2.16. The number of carbonyl (C=O) groups is 1. The second-order valence-corrected chi connectivity index (χ2v) is 8.49. The van der Waals surface area contributed by atoms with Crippen molar-refractivity contribution in [2.75, 3.05) is 5.75 Å². The van der Waals surface area contributed by atoms with E-state index in [4.69, 9.17) is 0 Å². The quantitative estimate of drug-likeness (QED) is 0.457. The van der Waals surface area contributed by atoms with Crippen LogP contribution in [0.25, 0.3) is 11.4 Å². The summed E-state index contributed by atoms with van der Waals surface area (Å²) in [6, 6.07) is 10.6. The summed E-state index contributed by atoms with van der Waals surface area (Å²) in [6.45, 7) is 0. The molecular weight excluding hydrogens is 368 g/mol. The number of aromatic nitrogens is 4. The molecule has 6 heteroatoms. The maximum absolute atomic E-state index is 12.8. The van der Waals surface area contributed by atoms with E-state index in [1.807, 2.05) is 18.2 Å². The van der Waals surface area contributed by atoms with Gasteiger partial charge in [-0.2, -0.15) is 0 Å². The number of carbonyl (C=O) groups excluding carboxylic acids is 1. The van der Waals surface area contributed by atoms with Crippen LogP contribution in [0, 0.1) is 0 Å². The zero-order valence-electron chi connectivity index (χ0n) is 15.7. The number of thioether (sulfide) groups is 1. The number of ketones is 1. The van der Waals surface area contributed by atoms with Crippen molar-refractivity contribution in [2.24, 2.45) is 0 Å². The van der Waals surface area contributed by atoms with Crippen LogP contribution in [-0.4, -0.2) is 31.3 Å². The standard InChI is InChI=1S/C22H22N4OS/c27-20(18-6-5-15-3-1-2-4-17(15)13-18)14-28-22-25-24-21(26(22)19-7-8-19)16-9-11-23-12-10-16/h5-6,9-13,19H,1-4,7-8,14H2. The number of benzene rings is 1. The lowest BCUT2D eigenvalue weighted by atomic mass is 9.90. The molecule has 0 saturated heterocycles. The van der Waals surface area contributed by atoms with E-state index >= 15 is 0 Å². The Balaban J connectivity index is 1.34. The van der Waals surface area contributed by atoms with Crippen molar-refractivity contribution < 1.29 is 4.79 Å². The summed E-state index contributed by atoms with van der Waals surface area (Å²) >= 11 is 1.50. The monoisotopic (exact) mass is 390 g/mol. The van der Waals surface area contributed by atoms with E-state index in [1.165, 1.54) is 35.7 Å². The van der Waals surface area contributed by atoms with Crippen molar-refractivity contribution in [3.8, 4) is 11.4 Å². The number of hydrogen-bond acceptors (Lipinski definition) is 5. The van der Waals surface area contributed by atoms with Crippen LogP contribution in [0.15, 0.2) is 47.9 Å². The average Bonchev–Trinajstić information content (AvgIpc) is 3.51. The van der Waals surface area contributed by atoms with Crippen LogP contribution in [-0.2, 0) is 12.8 Å². The van der Waals surface area contributed by atoms with Gasteiger partial charge in [-0.1, -0.05) is 23.9 Å². The highest BCUT2D eigenvalue weighted by atomic mass is 32.2. The Bertz CT molecular complexity index is 1010. The number of hydrogen-bond donors (Lipinski definition) is 0. The Morgan fingerprint density at radius 1 is 1.04 bits per heavy atom. The SMILES string of the molecule is O=C(CSc1nnc(-c2ccncc2)n1C1CC1)c1ccc2c(c1)CCCC2. The number of aryl methyl sites for hydroxylation is 2. The number of nitrogens with zero attached hydrogens (tertiary/aromatic N) is 4. The number of Topliss-reactive ketones (excluding diaryl/α,β-unsaturated/α-hetero) is 1. The van der Waals surface area contributed by atoms with E-state index < -0.39 is 0 Å². The molecule has 3 aromatic rings. The van der Waals surface area contributed by atoms with Crippen LogP contribution in [0.2, 0.25) is 0 Å². The van der Waals surface area contributed by atoms with Gasteiger partial charge in [0.05, 0.1) is 5.75 Å². The maximum atomic E-state index is 12.8. The predicted molar refractivity (Wildman–Crippen MR) is 110 cm³/mol. The first-order chi connectivity index (χ1) is 13.8. The second kappa shape index (κ2) is 7.51. The predicted octanol–water partition coefficient (Wildman–Crippen LogP) is 4.53. The summed E-state index contributed by atoms with van der Waals surface area (Å²) < 4.78 is 2.19. The summed E-state index contributed by atoms with van der Waals surface area (Å²) in [5.74, 6) is 1.42. The molecule has 0 bridgehead atoms. The lowest BCUT2D eigenvalue weighted by molar-refractivity contribution is 0.102. The molecule has 142 valence electrons. The Kier molecular flexibility index (Phi) is 4.72. The molecule has 2 aromatic heterocycles. The molecule has 0 radical (unpaired) electrons. The molecular formula is C22H22N4OS. The van der Waals surface area contributed by atoms with Gasteiger partial charge in [0.25, 0.3) is 0 Å². The third-order valence-electron chi connectivity index (χ3n) is 5.52. The van der Waals surface area contributed by atoms with Gasteiger partial charge in [-0.05, 0) is 67.9 Å². The molecule has 2 aliphatic rings.